The largest absolute Gasteiger partial charge is 0.310 e. The molecule has 0 radical (unpaired) electrons. The van der Waals surface area contributed by atoms with Gasteiger partial charge in [-0.25, -0.2) is 0 Å². The van der Waals surface area contributed by atoms with E-state index in [0.717, 1.165) is 11.3 Å². The zero-order valence-corrected chi connectivity index (χ0v) is 20.4. The van der Waals surface area contributed by atoms with Gasteiger partial charge < -0.3 is 4.90 Å². The van der Waals surface area contributed by atoms with E-state index < -0.39 is 0 Å². The molecule has 0 aliphatic carbocycles. The van der Waals surface area contributed by atoms with E-state index in [0.29, 0.717) is 11.8 Å². The number of nitrogens with zero attached hydrogens (tertiary/aromatic N) is 1. The lowest BCUT2D eigenvalue weighted by molar-refractivity contribution is 0.624. The van der Waals surface area contributed by atoms with Crippen molar-refractivity contribution in [3.8, 4) is 0 Å². The summed E-state index contributed by atoms with van der Waals surface area (Å²) in [6, 6.07) is 26.9. The number of benzene rings is 3. The highest BCUT2D eigenvalue weighted by Crippen LogP contribution is 2.37. The lowest BCUT2D eigenvalue weighted by Crippen LogP contribution is -2.10. The molecule has 0 spiro atoms. The van der Waals surface area contributed by atoms with E-state index in [-0.39, 0.29) is 0 Å². The van der Waals surface area contributed by atoms with Crippen LogP contribution in [0.3, 0.4) is 0 Å². The van der Waals surface area contributed by atoms with E-state index in [1.54, 1.807) is 0 Å². The molecular weight excluding hydrogens is 386 g/mol. The lowest BCUT2D eigenvalue weighted by Gasteiger charge is -2.27. The van der Waals surface area contributed by atoms with E-state index in [9.17, 15) is 0 Å². The Balaban J connectivity index is 1.97. The highest BCUT2D eigenvalue weighted by molar-refractivity contribution is 5.78. The number of unbranched alkanes of at least 4 members (excludes halogenated alkanes) is 1. The number of anilines is 3. The Kier molecular flexibility index (Phi) is 8.73. The van der Waals surface area contributed by atoms with Crippen LogP contribution < -0.4 is 4.90 Å². The molecule has 3 aromatic carbocycles. The van der Waals surface area contributed by atoms with Crippen LogP contribution in [0.15, 0.2) is 79.4 Å². The van der Waals surface area contributed by atoms with Gasteiger partial charge in [0.1, 0.15) is 0 Å². The third-order valence-corrected chi connectivity index (χ3v) is 6.52. The van der Waals surface area contributed by atoms with Gasteiger partial charge in [0.05, 0.1) is 0 Å². The molecule has 2 unspecified atom stereocenters. The van der Waals surface area contributed by atoms with Gasteiger partial charge in [-0.2, -0.15) is 0 Å². The van der Waals surface area contributed by atoms with Gasteiger partial charge in [-0.3, -0.25) is 0 Å². The summed E-state index contributed by atoms with van der Waals surface area (Å²) in [5.41, 5.74) is 7.49. The van der Waals surface area contributed by atoms with Crippen molar-refractivity contribution in [2.75, 3.05) is 4.90 Å². The van der Waals surface area contributed by atoms with E-state index >= 15 is 0 Å². The van der Waals surface area contributed by atoms with Crippen molar-refractivity contribution >= 4 is 23.1 Å². The van der Waals surface area contributed by atoms with Gasteiger partial charge in [0.15, 0.2) is 0 Å². The molecule has 0 fully saturated rings. The van der Waals surface area contributed by atoms with Crippen LogP contribution in [0, 0.1) is 0 Å². The van der Waals surface area contributed by atoms with Crippen LogP contribution in [-0.2, 0) is 0 Å². The van der Waals surface area contributed by atoms with Crippen molar-refractivity contribution in [2.45, 2.75) is 71.6 Å². The van der Waals surface area contributed by atoms with E-state index in [2.05, 4.69) is 112 Å². The average Bonchev–Trinajstić information content (AvgIpc) is 2.84. The first-order chi connectivity index (χ1) is 15.6. The number of hydrogen-bond acceptors (Lipinski definition) is 1. The predicted molar refractivity (Wildman–Crippen MR) is 142 cm³/mol. The first-order valence-corrected chi connectivity index (χ1v) is 12.3. The molecule has 0 bridgehead atoms. The third-order valence-electron chi connectivity index (χ3n) is 6.52. The molecule has 0 aromatic heterocycles. The topological polar surface area (TPSA) is 3.24 Å². The molecule has 32 heavy (non-hydrogen) atoms. The molecule has 3 rings (SSSR count). The minimum Gasteiger partial charge on any atom is -0.310 e. The quantitative estimate of drug-likeness (QED) is 0.295. The van der Waals surface area contributed by atoms with Crippen LogP contribution in [-0.4, -0.2) is 0 Å². The summed E-state index contributed by atoms with van der Waals surface area (Å²) in [5.74, 6) is 1.19. The van der Waals surface area contributed by atoms with Gasteiger partial charge in [-0.15, -0.1) is 0 Å². The fourth-order valence-electron chi connectivity index (χ4n) is 4.42. The second kappa shape index (κ2) is 11.7. The van der Waals surface area contributed by atoms with Crippen LogP contribution in [0.1, 0.15) is 88.3 Å². The van der Waals surface area contributed by atoms with Crippen molar-refractivity contribution in [3.63, 3.8) is 0 Å². The molecule has 3 aromatic rings. The molecule has 0 aliphatic heterocycles. The number of rotatable bonds is 11. The van der Waals surface area contributed by atoms with Crippen LogP contribution in [0.25, 0.3) is 6.08 Å². The van der Waals surface area contributed by atoms with E-state index in [1.807, 2.05) is 6.08 Å². The normalized spacial score (nSPS) is 12.9. The van der Waals surface area contributed by atoms with Gasteiger partial charge in [0.2, 0.25) is 0 Å². The zero-order chi connectivity index (χ0) is 22.9. The molecule has 168 valence electrons. The Labute approximate surface area is 195 Å². The SMILES string of the molecule is C=Cc1cccc(N(c2ccc(C(C)CCC)cc2)c2ccc(C(C)CCCC)cc2)c1. The van der Waals surface area contributed by atoms with E-state index in [1.165, 1.54) is 54.6 Å². The summed E-state index contributed by atoms with van der Waals surface area (Å²) in [5, 5.41) is 0. The van der Waals surface area contributed by atoms with Gasteiger partial charge in [0, 0.05) is 17.1 Å². The second-order valence-electron chi connectivity index (χ2n) is 9.05. The molecule has 0 amide bonds. The highest BCUT2D eigenvalue weighted by Gasteiger charge is 2.14. The maximum atomic E-state index is 3.96. The molecule has 0 saturated carbocycles. The van der Waals surface area contributed by atoms with Crippen LogP contribution in [0.2, 0.25) is 0 Å². The Hall–Kier alpha value is -2.80. The second-order valence-corrected chi connectivity index (χ2v) is 9.05. The Morgan fingerprint density at radius 1 is 0.719 bits per heavy atom. The smallest absolute Gasteiger partial charge is 0.0467 e. The van der Waals surface area contributed by atoms with Gasteiger partial charge in [-0.05, 0) is 77.8 Å². The number of hydrogen-bond donors (Lipinski definition) is 0. The highest BCUT2D eigenvalue weighted by atomic mass is 15.1. The summed E-state index contributed by atoms with van der Waals surface area (Å²) in [4.78, 5) is 2.35. The van der Waals surface area contributed by atoms with Gasteiger partial charge >= 0.3 is 0 Å². The molecule has 0 aliphatic rings. The Morgan fingerprint density at radius 2 is 1.28 bits per heavy atom. The van der Waals surface area contributed by atoms with Crippen molar-refractivity contribution in [2.24, 2.45) is 0 Å². The van der Waals surface area contributed by atoms with Crippen molar-refractivity contribution in [1.82, 2.24) is 0 Å². The summed E-state index contributed by atoms with van der Waals surface area (Å²) in [7, 11) is 0. The van der Waals surface area contributed by atoms with Crippen molar-refractivity contribution in [1.29, 1.82) is 0 Å². The maximum Gasteiger partial charge on any atom is 0.0467 e. The molecule has 2 atom stereocenters. The zero-order valence-electron chi connectivity index (χ0n) is 20.4. The standard InChI is InChI=1S/C31H39N/c1-6-9-12-25(5)28-17-21-30(22-18-28)32(31-14-10-13-26(8-3)23-31)29-19-15-27(16-20-29)24(4)11-7-2/h8,10,13-25H,3,6-7,9,11-12H2,1-2,4-5H3. The molecule has 0 saturated heterocycles. The minimum absolute atomic E-state index is 0.593. The third kappa shape index (κ3) is 5.91. The Bertz CT molecular complexity index is 968. The summed E-state index contributed by atoms with van der Waals surface area (Å²) >= 11 is 0. The average molecular weight is 426 g/mol. The van der Waals surface area contributed by atoms with E-state index in [4.69, 9.17) is 0 Å². The molecule has 0 heterocycles. The lowest BCUT2D eigenvalue weighted by atomic mass is 9.95. The van der Waals surface area contributed by atoms with Gasteiger partial charge in [0.25, 0.3) is 0 Å². The predicted octanol–water partition coefficient (Wildman–Crippen LogP) is 10.00. The van der Waals surface area contributed by atoms with Crippen LogP contribution in [0.4, 0.5) is 17.1 Å². The monoisotopic (exact) mass is 425 g/mol. The van der Waals surface area contributed by atoms with Crippen LogP contribution >= 0.6 is 0 Å². The Morgan fingerprint density at radius 3 is 1.78 bits per heavy atom. The minimum atomic E-state index is 0.593. The first-order valence-electron chi connectivity index (χ1n) is 12.3. The summed E-state index contributed by atoms with van der Waals surface area (Å²) in [6.07, 6.45) is 8.14. The summed E-state index contributed by atoms with van der Waals surface area (Å²) < 4.78 is 0. The molecule has 1 heteroatoms. The maximum absolute atomic E-state index is 3.96. The van der Waals surface area contributed by atoms with Crippen molar-refractivity contribution < 1.29 is 0 Å². The van der Waals surface area contributed by atoms with Crippen LogP contribution in [0.5, 0.6) is 0 Å². The fourth-order valence-corrected chi connectivity index (χ4v) is 4.42. The van der Waals surface area contributed by atoms with Crippen molar-refractivity contribution in [3.05, 3.63) is 96.1 Å². The van der Waals surface area contributed by atoms with Gasteiger partial charge in [-0.1, -0.05) is 96.0 Å². The first kappa shape index (κ1) is 23.9. The molecular formula is C31H39N. The fraction of sp³-hybridized carbons (Fsp3) is 0.355. The summed E-state index contributed by atoms with van der Waals surface area (Å²) in [6.45, 7) is 13.1. The molecule has 0 N–H and O–H groups in total. The molecule has 1 nitrogen and oxygen atoms in total.